The van der Waals surface area contributed by atoms with Gasteiger partial charge in [0.1, 0.15) is 0 Å². The van der Waals surface area contributed by atoms with Gasteiger partial charge in [0, 0.05) is 6.54 Å². The summed E-state index contributed by atoms with van der Waals surface area (Å²) >= 11 is 0. The molecule has 0 aromatic heterocycles. The van der Waals surface area contributed by atoms with Crippen LogP contribution in [0.25, 0.3) is 0 Å². The lowest BCUT2D eigenvalue weighted by Crippen LogP contribution is -2.36. The normalized spacial score (nSPS) is 28.9. The van der Waals surface area contributed by atoms with Crippen LogP contribution >= 0.6 is 0 Å². The standard InChI is InChI=1S/C13H23NO4/c1-3-9-6-10(11(7-9)13(17)18)12(16)14-5-4-8(2)15/h8-11,15H,3-7H2,1-2H3,(H,14,16)(H,17,18). The van der Waals surface area contributed by atoms with E-state index < -0.39 is 23.9 Å². The van der Waals surface area contributed by atoms with Crippen molar-refractivity contribution < 1.29 is 19.8 Å². The Morgan fingerprint density at radius 2 is 1.94 bits per heavy atom. The summed E-state index contributed by atoms with van der Waals surface area (Å²) in [4.78, 5) is 23.1. The number of hydrogen-bond donors (Lipinski definition) is 3. The lowest BCUT2D eigenvalue weighted by Gasteiger charge is -2.15. The van der Waals surface area contributed by atoms with E-state index in [9.17, 15) is 9.59 Å². The smallest absolute Gasteiger partial charge is 0.307 e. The monoisotopic (exact) mass is 257 g/mol. The molecule has 1 fully saturated rings. The maximum atomic E-state index is 11.9. The Morgan fingerprint density at radius 1 is 1.33 bits per heavy atom. The Kier molecular flexibility index (Phi) is 5.59. The zero-order valence-corrected chi connectivity index (χ0v) is 11.1. The molecule has 0 heterocycles. The molecule has 1 aliphatic carbocycles. The molecule has 1 saturated carbocycles. The summed E-state index contributed by atoms with van der Waals surface area (Å²) in [5.74, 6) is -1.69. The number of aliphatic carboxylic acids is 1. The predicted octanol–water partition coefficient (Wildman–Crippen LogP) is 1.01. The number of carboxylic acid groups (broad SMARTS) is 1. The van der Waals surface area contributed by atoms with Crippen LogP contribution in [0, 0.1) is 17.8 Å². The van der Waals surface area contributed by atoms with Crippen LogP contribution in [-0.2, 0) is 9.59 Å². The third-order valence-electron chi connectivity index (χ3n) is 3.75. The number of carbonyl (C=O) groups excluding carboxylic acids is 1. The van der Waals surface area contributed by atoms with Crippen molar-refractivity contribution >= 4 is 11.9 Å². The van der Waals surface area contributed by atoms with E-state index in [0.717, 1.165) is 6.42 Å². The Balaban J connectivity index is 2.51. The Bertz CT molecular complexity index is 303. The van der Waals surface area contributed by atoms with E-state index in [1.165, 1.54) is 0 Å². The maximum absolute atomic E-state index is 11.9. The summed E-state index contributed by atoms with van der Waals surface area (Å²) in [6, 6.07) is 0. The van der Waals surface area contributed by atoms with Crippen molar-refractivity contribution in [3.05, 3.63) is 0 Å². The fourth-order valence-electron chi connectivity index (χ4n) is 2.57. The van der Waals surface area contributed by atoms with Gasteiger partial charge in [-0.1, -0.05) is 13.3 Å². The minimum Gasteiger partial charge on any atom is -0.481 e. The molecule has 0 radical (unpaired) electrons. The molecule has 4 atom stereocenters. The van der Waals surface area contributed by atoms with E-state index in [2.05, 4.69) is 5.32 Å². The first-order valence-electron chi connectivity index (χ1n) is 6.64. The third kappa shape index (κ3) is 3.98. The number of hydrogen-bond acceptors (Lipinski definition) is 3. The van der Waals surface area contributed by atoms with E-state index in [0.29, 0.717) is 31.7 Å². The molecular formula is C13H23NO4. The number of carbonyl (C=O) groups is 2. The zero-order valence-electron chi connectivity index (χ0n) is 11.1. The molecule has 0 saturated heterocycles. The molecule has 104 valence electrons. The summed E-state index contributed by atoms with van der Waals surface area (Å²) in [5.41, 5.74) is 0. The van der Waals surface area contributed by atoms with Crippen LogP contribution in [0.2, 0.25) is 0 Å². The molecule has 1 aliphatic rings. The van der Waals surface area contributed by atoms with Gasteiger partial charge in [-0.25, -0.2) is 0 Å². The van der Waals surface area contributed by atoms with Crippen LogP contribution in [0.4, 0.5) is 0 Å². The van der Waals surface area contributed by atoms with Crippen molar-refractivity contribution in [1.82, 2.24) is 5.32 Å². The molecule has 5 heteroatoms. The van der Waals surface area contributed by atoms with Crippen molar-refractivity contribution in [2.75, 3.05) is 6.54 Å². The van der Waals surface area contributed by atoms with Gasteiger partial charge in [-0.15, -0.1) is 0 Å². The first kappa shape index (κ1) is 15.0. The van der Waals surface area contributed by atoms with Crippen molar-refractivity contribution in [3.63, 3.8) is 0 Å². The fraction of sp³-hybridized carbons (Fsp3) is 0.846. The van der Waals surface area contributed by atoms with E-state index >= 15 is 0 Å². The van der Waals surface area contributed by atoms with Gasteiger partial charge in [0.15, 0.2) is 0 Å². The molecule has 18 heavy (non-hydrogen) atoms. The highest BCUT2D eigenvalue weighted by Gasteiger charge is 2.41. The molecule has 0 bridgehead atoms. The highest BCUT2D eigenvalue weighted by molar-refractivity contribution is 5.85. The van der Waals surface area contributed by atoms with Crippen LogP contribution in [0.3, 0.4) is 0 Å². The van der Waals surface area contributed by atoms with Gasteiger partial charge in [-0.05, 0) is 32.1 Å². The van der Waals surface area contributed by atoms with Crippen molar-refractivity contribution in [2.45, 2.75) is 45.6 Å². The first-order chi connectivity index (χ1) is 8.45. The minimum absolute atomic E-state index is 0.181. The van der Waals surface area contributed by atoms with E-state index in [1.807, 2.05) is 6.92 Å². The van der Waals surface area contributed by atoms with Crippen LogP contribution in [0.1, 0.15) is 39.5 Å². The molecule has 0 spiro atoms. The van der Waals surface area contributed by atoms with Gasteiger partial charge in [0.05, 0.1) is 17.9 Å². The highest BCUT2D eigenvalue weighted by Crippen LogP contribution is 2.38. The van der Waals surface area contributed by atoms with Gasteiger partial charge in [0.2, 0.25) is 5.91 Å². The second-order valence-corrected chi connectivity index (χ2v) is 5.23. The lowest BCUT2D eigenvalue weighted by molar-refractivity contribution is -0.146. The number of carboxylic acids is 1. The SMILES string of the molecule is CCC1CC(C(=O)O)C(C(=O)NCCC(C)O)C1. The van der Waals surface area contributed by atoms with Gasteiger partial charge >= 0.3 is 5.97 Å². The summed E-state index contributed by atoms with van der Waals surface area (Å²) < 4.78 is 0. The Morgan fingerprint density at radius 3 is 2.44 bits per heavy atom. The number of rotatable bonds is 6. The van der Waals surface area contributed by atoms with Gasteiger partial charge in [-0.3, -0.25) is 9.59 Å². The van der Waals surface area contributed by atoms with E-state index in [4.69, 9.17) is 10.2 Å². The number of aliphatic hydroxyl groups excluding tert-OH is 1. The maximum Gasteiger partial charge on any atom is 0.307 e. The summed E-state index contributed by atoms with van der Waals surface area (Å²) in [7, 11) is 0. The average Bonchev–Trinajstić information content (AvgIpc) is 2.72. The predicted molar refractivity (Wildman–Crippen MR) is 66.9 cm³/mol. The van der Waals surface area contributed by atoms with Gasteiger partial charge in [0.25, 0.3) is 0 Å². The van der Waals surface area contributed by atoms with Crippen molar-refractivity contribution in [3.8, 4) is 0 Å². The Hall–Kier alpha value is -1.10. The average molecular weight is 257 g/mol. The molecule has 1 rings (SSSR count). The number of nitrogens with one attached hydrogen (secondary N) is 1. The van der Waals surface area contributed by atoms with E-state index in [1.54, 1.807) is 6.92 Å². The summed E-state index contributed by atoms with van der Waals surface area (Å²) in [5, 5.41) is 21.0. The van der Waals surface area contributed by atoms with Crippen LogP contribution in [-0.4, -0.2) is 34.7 Å². The van der Waals surface area contributed by atoms with Crippen molar-refractivity contribution in [2.24, 2.45) is 17.8 Å². The highest BCUT2D eigenvalue weighted by atomic mass is 16.4. The number of aliphatic hydroxyl groups is 1. The molecule has 0 aromatic rings. The molecule has 0 aliphatic heterocycles. The minimum atomic E-state index is -0.873. The molecule has 3 N–H and O–H groups in total. The second-order valence-electron chi connectivity index (χ2n) is 5.23. The molecule has 0 aromatic carbocycles. The zero-order chi connectivity index (χ0) is 13.7. The molecule has 4 unspecified atom stereocenters. The van der Waals surface area contributed by atoms with Crippen molar-refractivity contribution in [1.29, 1.82) is 0 Å². The molecular weight excluding hydrogens is 234 g/mol. The first-order valence-corrected chi connectivity index (χ1v) is 6.64. The van der Waals surface area contributed by atoms with E-state index in [-0.39, 0.29) is 5.91 Å². The van der Waals surface area contributed by atoms with Crippen LogP contribution < -0.4 is 5.32 Å². The Labute approximate surface area is 108 Å². The second kappa shape index (κ2) is 6.73. The fourth-order valence-corrected chi connectivity index (χ4v) is 2.57. The quantitative estimate of drug-likeness (QED) is 0.663. The van der Waals surface area contributed by atoms with Crippen LogP contribution in [0.15, 0.2) is 0 Å². The third-order valence-corrected chi connectivity index (χ3v) is 3.75. The topological polar surface area (TPSA) is 86.6 Å². The van der Waals surface area contributed by atoms with Crippen LogP contribution in [0.5, 0.6) is 0 Å². The lowest BCUT2D eigenvalue weighted by atomic mass is 9.95. The van der Waals surface area contributed by atoms with Gasteiger partial charge < -0.3 is 15.5 Å². The molecule has 5 nitrogen and oxygen atoms in total. The summed E-state index contributed by atoms with van der Waals surface area (Å²) in [6.07, 6.45) is 2.22. The van der Waals surface area contributed by atoms with Gasteiger partial charge in [-0.2, -0.15) is 0 Å². The largest absolute Gasteiger partial charge is 0.481 e. The number of amides is 1. The molecule has 1 amide bonds. The summed E-state index contributed by atoms with van der Waals surface area (Å²) in [6.45, 7) is 4.09.